The molecule has 0 aromatic heterocycles. The van der Waals surface area contributed by atoms with Gasteiger partial charge >= 0.3 is 0 Å². The van der Waals surface area contributed by atoms with Crippen molar-refractivity contribution >= 4 is 5.91 Å². The van der Waals surface area contributed by atoms with Crippen LogP contribution in [-0.2, 0) is 4.74 Å². The van der Waals surface area contributed by atoms with Gasteiger partial charge in [-0.1, -0.05) is 6.07 Å². The van der Waals surface area contributed by atoms with E-state index in [1.165, 1.54) is 6.07 Å². The van der Waals surface area contributed by atoms with Gasteiger partial charge in [0.15, 0.2) is 0 Å². The van der Waals surface area contributed by atoms with Crippen molar-refractivity contribution in [1.29, 1.82) is 0 Å². The fraction of sp³-hybridized carbons (Fsp3) is 0.462. The fourth-order valence-electron chi connectivity index (χ4n) is 1.85. The van der Waals surface area contributed by atoms with Crippen LogP contribution in [0.1, 0.15) is 28.8 Å². The van der Waals surface area contributed by atoms with Gasteiger partial charge in [0.05, 0.1) is 6.10 Å². The van der Waals surface area contributed by atoms with Gasteiger partial charge in [-0.3, -0.25) is 4.79 Å². The molecular formula is C13H16FNO2. The highest BCUT2D eigenvalue weighted by Gasteiger charge is 2.16. The summed E-state index contributed by atoms with van der Waals surface area (Å²) in [6.45, 7) is 2.93. The van der Waals surface area contributed by atoms with Crippen LogP contribution in [-0.4, -0.2) is 25.2 Å². The maximum absolute atomic E-state index is 13.3. The Morgan fingerprint density at radius 2 is 2.41 bits per heavy atom. The van der Waals surface area contributed by atoms with E-state index in [0.29, 0.717) is 17.7 Å². The molecule has 1 fully saturated rings. The van der Waals surface area contributed by atoms with Gasteiger partial charge < -0.3 is 10.1 Å². The summed E-state index contributed by atoms with van der Waals surface area (Å²) in [5.41, 5.74) is 0.895. The molecule has 3 nitrogen and oxygen atoms in total. The van der Waals surface area contributed by atoms with E-state index in [9.17, 15) is 9.18 Å². The lowest BCUT2D eigenvalue weighted by molar-refractivity contribution is 0.0857. The molecule has 0 aliphatic carbocycles. The molecule has 0 bridgehead atoms. The Bertz CT molecular complexity index is 414. The minimum absolute atomic E-state index is 0.106. The van der Waals surface area contributed by atoms with Crippen molar-refractivity contribution in [2.75, 3.05) is 13.2 Å². The number of rotatable bonds is 3. The number of amides is 1. The average Bonchev–Trinajstić information content (AvgIpc) is 2.82. The van der Waals surface area contributed by atoms with E-state index in [2.05, 4.69) is 5.32 Å². The normalized spacial score (nSPS) is 19.3. The Labute approximate surface area is 100.0 Å². The molecule has 1 amide bonds. The lowest BCUT2D eigenvalue weighted by Gasteiger charge is -2.11. The first-order valence-electron chi connectivity index (χ1n) is 5.83. The van der Waals surface area contributed by atoms with E-state index < -0.39 is 0 Å². The number of aryl methyl sites for hydroxylation is 1. The highest BCUT2D eigenvalue weighted by atomic mass is 19.1. The van der Waals surface area contributed by atoms with E-state index in [-0.39, 0.29) is 17.8 Å². The van der Waals surface area contributed by atoms with E-state index in [0.717, 1.165) is 19.4 Å². The summed E-state index contributed by atoms with van der Waals surface area (Å²) < 4.78 is 18.7. The maximum Gasteiger partial charge on any atom is 0.251 e. The van der Waals surface area contributed by atoms with Crippen molar-refractivity contribution in [3.63, 3.8) is 0 Å². The summed E-state index contributed by atoms with van der Waals surface area (Å²) >= 11 is 0. The number of carbonyl (C=O) groups excluding carboxylic acids is 1. The standard InChI is InChI=1S/C13H16FNO2/c1-9-4-5-10(7-12(9)14)13(16)15-8-11-3-2-6-17-11/h4-5,7,11H,2-3,6,8H2,1H3,(H,15,16). The van der Waals surface area contributed by atoms with E-state index in [1.807, 2.05) is 0 Å². The minimum Gasteiger partial charge on any atom is -0.376 e. The molecule has 1 heterocycles. The highest BCUT2D eigenvalue weighted by molar-refractivity contribution is 5.94. The Morgan fingerprint density at radius 3 is 3.06 bits per heavy atom. The van der Waals surface area contributed by atoms with Gasteiger partial charge in [0.2, 0.25) is 0 Å². The Hall–Kier alpha value is -1.42. The van der Waals surface area contributed by atoms with Crippen molar-refractivity contribution in [1.82, 2.24) is 5.32 Å². The molecular weight excluding hydrogens is 221 g/mol. The smallest absolute Gasteiger partial charge is 0.251 e. The van der Waals surface area contributed by atoms with Crippen LogP contribution in [0.2, 0.25) is 0 Å². The molecule has 1 unspecified atom stereocenters. The van der Waals surface area contributed by atoms with Crippen LogP contribution in [0.5, 0.6) is 0 Å². The second-order valence-corrected chi connectivity index (χ2v) is 4.31. The van der Waals surface area contributed by atoms with Crippen molar-refractivity contribution < 1.29 is 13.9 Å². The van der Waals surface area contributed by atoms with Crippen molar-refractivity contribution in [3.05, 3.63) is 35.1 Å². The minimum atomic E-state index is -0.352. The van der Waals surface area contributed by atoms with Gasteiger partial charge in [-0.05, 0) is 37.5 Å². The predicted molar refractivity (Wildman–Crippen MR) is 62.4 cm³/mol. The summed E-state index contributed by atoms with van der Waals surface area (Å²) in [5.74, 6) is -0.603. The topological polar surface area (TPSA) is 38.3 Å². The number of benzene rings is 1. The third-order valence-corrected chi connectivity index (χ3v) is 2.95. The molecule has 1 atom stereocenters. The molecule has 1 aliphatic heterocycles. The number of ether oxygens (including phenoxy) is 1. The first-order chi connectivity index (χ1) is 8.16. The summed E-state index contributed by atoms with van der Waals surface area (Å²) in [5, 5.41) is 2.76. The number of hydrogen-bond donors (Lipinski definition) is 1. The molecule has 4 heteroatoms. The highest BCUT2D eigenvalue weighted by Crippen LogP contribution is 2.12. The second-order valence-electron chi connectivity index (χ2n) is 4.31. The van der Waals surface area contributed by atoms with Crippen LogP contribution in [0.4, 0.5) is 4.39 Å². The molecule has 1 aromatic carbocycles. The first-order valence-corrected chi connectivity index (χ1v) is 5.83. The Balaban J connectivity index is 1.92. The van der Waals surface area contributed by atoms with Gasteiger partial charge in [-0.2, -0.15) is 0 Å². The third-order valence-electron chi connectivity index (χ3n) is 2.95. The van der Waals surface area contributed by atoms with Crippen LogP contribution in [0, 0.1) is 12.7 Å². The second kappa shape index (κ2) is 5.27. The van der Waals surface area contributed by atoms with E-state index in [1.54, 1.807) is 19.1 Å². The molecule has 1 saturated heterocycles. The number of nitrogens with one attached hydrogen (secondary N) is 1. The zero-order chi connectivity index (χ0) is 12.3. The van der Waals surface area contributed by atoms with Crippen molar-refractivity contribution in [2.45, 2.75) is 25.9 Å². The molecule has 0 saturated carbocycles. The number of carbonyl (C=O) groups is 1. The summed E-state index contributed by atoms with van der Waals surface area (Å²) in [7, 11) is 0. The van der Waals surface area contributed by atoms with Crippen LogP contribution in [0.15, 0.2) is 18.2 Å². The lowest BCUT2D eigenvalue weighted by Crippen LogP contribution is -2.31. The number of halogens is 1. The molecule has 1 aromatic rings. The molecule has 17 heavy (non-hydrogen) atoms. The third kappa shape index (κ3) is 3.03. The monoisotopic (exact) mass is 237 g/mol. The zero-order valence-corrected chi connectivity index (χ0v) is 9.83. The van der Waals surface area contributed by atoms with Crippen LogP contribution in [0.3, 0.4) is 0 Å². The van der Waals surface area contributed by atoms with E-state index in [4.69, 9.17) is 4.74 Å². The first kappa shape index (κ1) is 12.0. The zero-order valence-electron chi connectivity index (χ0n) is 9.83. The van der Waals surface area contributed by atoms with Gasteiger partial charge in [0.25, 0.3) is 5.91 Å². The SMILES string of the molecule is Cc1ccc(C(=O)NCC2CCCO2)cc1F. The van der Waals surface area contributed by atoms with Crippen LogP contribution >= 0.6 is 0 Å². The van der Waals surface area contributed by atoms with Gasteiger partial charge in [0.1, 0.15) is 5.82 Å². The molecule has 1 aliphatic rings. The summed E-state index contributed by atoms with van der Waals surface area (Å²) in [6.07, 6.45) is 2.12. The van der Waals surface area contributed by atoms with E-state index >= 15 is 0 Å². The Morgan fingerprint density at radius 1 is 1.59 bits per heavy atom. The quantitative estimate of drug-likeness (QED) is 0.873. The largest absolute Gasteiger partial charge is 0.376 e. The van der Waals surface area contributed by atoms with Crippen molar-refractivity contribution in [2.24, 2.45) is 0 Å². The number of hydrogen-bond acceptors (Lipinski definition) is 2. The molecule has 0 spiro atoms. The predicted octanol–water partition coefficient (Wildman–Crippen LogP) is 2.04. The lowest BCUT2D eigenvalue weighted by atomic mass is 10.1. The molecule has 2 rings (SSSR count). The molecule has 1 N–H and O–H groups in total. The summed E-state index contributed by atoms with van der Waals surface area (Å²) in [4.78, 5) is 11.7. The Kier molecular flexibility index (Phi) is 3.74. The van der Waals surface area contributed by atoms with Crippen LogP contribution < -0.4 is 5.32 Å². The van der Waals surface area contributed by atoms with Gasteiger partial charge in [-0.15, -0.1) is 0 Å². The van der Waals surface area contributed by atoms with Crippen molar-refractivity contribution in [3.8, 4) is 0 Å². The molecule has 92 valence electrons. The fourth-order valence-corrected chi connectivity index (χ4v) is 1.85. The van der Waals surface area contributed by atoms with Gasteiger partial charge in [-0.25, -0.2) is 4.39 Å². The maximum atomic E-state index is 13.3. The molecule has 0 radical (unpaired) electrons. The average molecular weight is 237 g/mol. The summed E-state index contributed by atoms with van der Waals surface area (Å²) in [6, 6.07) is 4.50. The van der Waals surface area contributed by atoms with Gasteiger partial charge in [0, 0.05) is 18.7 Å². The van der Waals surface area contributed by atoms with Crippen LogP contribution in [0.25, 0.3) is 0 Å².